The van der Waals surface area contributed by atoms with E-state index in [0.29, 0.717) is 19.1 Å². The average Bonchev–Trinajstić information content (AvgIpc) is 2.91. The summed E-state index contributed by atoms with van der Waals surface area (Å²) in [7, 11) is 3.51. The molecule has 0 bridgehead atoms. The number of nitrogens with one attached hydrogen (secondary N) is 2. The number of halogens is 1. The van der Waals surface area contributed by atoms with Gasteiger partial charge in [-0.25, -0.2) is 4.79 Å². The third-order valence-corrected chi connectivity index (χ3v) is 4.82. The number of carbonyl (C=O) groups excluding carboxylic acids is 1. The number of hydrogen-bond donors (Lipinski definition) is 2. The molecule has 1 amide bonds. The van der Waals surface area contributed by atoms with Crippen molar-refractivity contribution in [1.29, 1.82) is 0 Å². The van der Waals surface area contributed by atoms with Crippen molar-refractivity contribution in [2.24, 2.45) is 4.99 Å². The Morgan fingerprint density at radius 1 is 1.38 bits per heavy atom. The SMILES string of the molecule is CN=C(NCCN(C)C(=O)OC(C)(C)C)NC1CCC(SC)C1.I. The number of nitrogens with zero attached hydrogens (tertiary/aromatic N) is 2. The topological polar surface area (TPSA) is 66.0 Å². The van der Waals surface area contributed by atoms with Crippen LogP contribution in [0.4, 0.5) is 4.79 Å². The first-order chi connectivity index (χ1) is 10.7. The molecule has 0 aromatic heterocycles. The molecule has 2 N–H and O–H groups in total. The minimum atomic E-state index is -0.466. The fraction of sp³-hybridized carbons (Fsp3) is 0.875. The molecule has 0 aromatic carbocycles. The molecule has 0 spiro atoms. The lowest BCUT2D eigenvalue weighted by Gasteiger charge is -2.25. The predicted octanol–water partition coefficient (Wildman–Crippen LogP) is 2.92. The van der Waals surface area contributed by atoms with Crippen molar-refractivity contribution in [2.45, 2.75) is 56.9 Å². The normalized spacial score (nSPS) is 21.0. The van der Waals surface area contributed by atoms with Gasteiger partial charge in [0, 0.05) is 38.5 Å². The van der Waals surface area contributed by atoms with E-state index in [1.165, 1.54) is 19.3 Å². The van der Waals surface area contributed by atoms with Crippen LogP contribution in [0.5, 0.6) is 0 Å². The van der Waals surface area contributed by atoms with Gasteiger partial charge in [-0.3, -0.25) is 4.99 Å². The highest BCUT2D eigenvalue weighted by Gasteiger charge is 2.24. The monoisotopic (exact) mass is 472 g/mol. The van der Waals surface area contributed by atoms with Gasteiger partial charge < -0.3 is 20.3 Å². The van der Waals surface area contributed by atoms with Crippen LogP contribution in [0.2, 0.25) is 0 Å². The standard InChI is InChI=1S/C16H32N4O2S.HI/c1-16(2,3)22-15(21)20(5)10-9-18-14(17-4)19-12-7-8-13(11-12)23-6;/h12-13H,7-11H2,1-6H3,(H2,17,18,19);1H. The van der Waals surface area contributed by atoms with Gasteiger partial charge in [-0.05, 0) is 46.3 Å². The Balaban J connectivity index is 0.00000529. The molecule has 0 aliphatic heterocycles. The smallest absolute Gasteiger partial charge is 0.410 e. The van der Waals surface area contributed by atoms with Crippen molar-refractivity contribution in [3.63, 3.8) is 0 Å². The van der Waals surface area contributed by atoms with E-state index in [9.17, 15) is 4.79 Å². The Hall–Kier alpha value is -0.380. The van der Waals surface area contributed by atoms with Gasteiger partial charge in [-0.2, -0.15) is 11.8 Å². The van der Waals surface area contributed by atoms with E-state index < -0.39 is 5.60 Å². The second-order valence-electron chi connectivity index (χ2n) is 6.91. The number of likely N-dealkylation sites (N-methyl/N-ethyl adjacent to an activating group) is 1. The fourth-order valence-corrected chi connectivity index (χ4v) is 3.24. The van der Waals surface area contributed by atoms with Crippen molar-refractivity contribution in [2.75, 3.05) is 33.4 Å². The van der Waals surface area contributed by atoms with Crippen LogP contribution in [0, 0.1) is 0 Å². The summed E-state index contributed by atoms with van der Waals surface area (Å²) < 4.78 is 5.33. The molecular weight excluding hydrogens is 439 g/mol. The van der Waals surface area contributed by atoms with Gasteiger partial charge >= 0.3 is 6.09 Å². The van der Waals surface area contributed by atoms with Crippen molar-refractivity contribution >= 4 is 47.8 Å². The van der Waals surface area contributed by atoms with Crippen LogP contribution in [-0.2, 0) is 4.74 Å². The molecule has 1 aliphatic carbocycles. The van der Waals surface area contributed by atoms with Crippen LogP contribution in [0.25, 0.3) is 0 Å². The molecule has 0 radical (unpaired) electrons. The maximum absolute atomic E-state index is 11.9. The minimum Gasteiger partial charge on any atom is -0.444 e. The number of guanidine groups is 1. The van der Waals surface area contributed by atoms with Crippen molar-refractivity contribution in [3.8, 4) is 0 Å². The highest BCUT2D eigenvalue weighted by Crippen LogP contribution is 2.27. The number of rotatable bonds is 5. The molecule has 1 fully saturated rings. The van der Waals surface area contributed by atoms with E-state index in [1.807, 2.05) is 32.5 Å². The lowest BCUT2D eigenvalue weighted by Crippen LogP contribution is -2.45. The van der Waals surface area contributed by atoms with Crippen LogP contribution >= 0.6 is 35.7 Å². The zero-order valence-electron chi connectivity index (χ0n) is 15.7. The number of thioether (sulfide) groups is 1. The van der Waals surface area contributed by atoms with Crippen molar-refractivity contribution in [3.05, 3.63) is 0 Å². The molecule has 0 aromatic rings. The largest absolute Gasteiger partial charge is 0.444 e. The summed E-state index contributed by atoms with van der Waals surface area (Å²) in [5, 5.41) is 7.48. The summed E-state index contributed by atoms with van der Waals surface area (Å²) in [6.07, 6.45) is 5.49. The van der Waals surface area contributed by atoms with Gasteiger partial charge in [-0.15, -0.1) is 24.0 Å². The second kappa shape index (κ2) is 11.3. The quantitative estimate of drug-likeness (QED) is 0.366. The highest BCUT2D eigenvalue weighted by molar-refractivity contribution is 14.0. The van der Waals surface area contributed by atoms with Gasteiger partial charge in [0.05, 0.1) is 0 Å². The third-order valence-electron chi connectivity index (χ3n) is 3.73. The van der Waals surface area contributed by atoms with Crippen LogP contribution < -0.4 is 10.6 Å². The highest BCUT2D eigenvalue weighted by atomic mass is 127. The Morgan fingerprint density at radius 2 is 2.04 bits per heavy atom. The molecule has 0 saturated heterocycles. The average molecular weight is 472 g/mol. The van der Waals surface area contributed by atoms with Crippen LogP contribution in [0.1, 0.15) is 40.0 Å². The van der Waals surface area contributed by atoms with E-state index >= 15 is 0 Å². The second-order valence-corrected chi connectivity index (χ2v) is 8.05. The molecule has 6 nitrogen and oxygen atoms in total. The van der Waals surface area contributed by atoms with Gasteiger partial charge in [0.15, 0.2) is 5.96 Å². The predicted molar refractivity (Wildman–Crippen MR) is 114 cm³/mol. The Bertz CT molecular complexity index is 415. The van der Waals surface area contributed by atoms with E-state index in [1.54, 1.807) is 19.0 Å². The summed E-state index contributed by atoms with van der Waals surface area (Å²) in [6, 6.07) is 0.488. The maximum atomic E-state index is 11.9. The van der Waals surface area contributed by atoms with E-state index in [2.05, 4.69) is 21.9 Å². The van der Waals surface area contributed by atoms with E-state index in [0.717, 1.165) is 11.2 Å². The summed E-state index contributed by atoms with van der Waals surface area (Å²) in [5.41, 5.74) is -0.466. The molecule has 1 aliphatic rings. The fourth-order valence-electron chi connectivity index (χ4n) is 2.45. The Morgan fingerprint density at radius 3 is 2.54 bits per heavy atom. The first kappa shape index (κ1) is 23.6. The number of amides is 1. The molecule has 24 heavy (non-hydrogen) atoms. The third kappa shape index (κ3) is 9.19. The molecule has 2 unspecified atom stereocenters. The maximum Gasteiger partial charge on any atom is 0.410 e. The number of ether oxygens (including phenoxy) is 1. The lowest BCUT2D eigenvalue weighted by atomic mass is 10.2. The first-order valence-electron chi connectivity index (χ1n) is 8.19. The molecule has 1 rings (SSSR count). The van der Waals surface area contributed by atoms with Gasteiger partial charge in [0.2, 0.25) is 0 Å². The molecule has 142 valence electrons. The van der Waals surface area contributed by atoms with Gasteiger partial charge in [0.25, 0.3) is 0 Å². The number of carbonyl (C=O) groups is 1. The molecule has 2 atom stereocenters. The summed E-state index contributed by atoms with van der Waals surface area (Å²) in [6.45, 7) is 6.80. The number of hydrogen-bond acceptors (Lipinski definition) is 4. The molecular formula is C16H33IN4O2S. The zero-order valence-corrected chi connectivity index (χ0v) is 18.9. The van der Waals surface area contributed by atoms with Crippen molar-refractivity contribution < 1.29 is 9.53 Å². The Labute approximate surface area is 168 Å². The van der Waals surface area contributed by atoms with Gasteiger partial charge in [-0.1, -0.05) is 0 Å². The van der Waals surface area contributed by atoms with Crippen LogP contribution in [-0.4, -0.2) is 67.3 Å². The summed E-state index contributed by atoms with van der Waals surface area (Å²) >= 11 is 1.94. The van der Waals surface area contributed by atoms with E-state index in [-0.39, 0.29) is 30.1 Å². The van der Waals surface area contributed by atoms with E-state index in [4.69, 9.17) is 4.74 Å². The van der Waals surface area contributed by atoms with Crippen molar-refractivity contribution in [1.82, 2.24) is 15.5 Å². The molecule has 1 saturated carbocycles. The summed E-state index contributed by atoms with van der Waals surface area (Å²) in [5.74, 6) is 0.800. The van der Waals surface area contributed by atoms with Crippen LogP contribution in [0.15, 0.2) is 4.99 Å². The van der Waals surface area contributed by atoms with Crippen LogP contribution in [0.3, 0.4) is 0 Å². The number of aliphatic imine (C=N–C) groups is 1. The molecule has 0 heterocycles. The first-order valence-corrected chi connectivity index (χ1v) is 9.48. The Kier molecular flexibility index (Phi) is 11.1. The zero-order chi connectivity index (χ0) is 17.5. The minimum absolute atomic E-state index is 0. The molecule has 8 heteroatoms. The summed E-state index contributed by atoms with van der Waals surface area (Å²) in [4.78, 5) is 17.7. The lowest BCUT2D eigenvalue weighted by molar-refractivity contribution is 0.0302. The van der Waals surface area contributed by atoms with Gasteiger partial charge in [0.1, 0.15) is 5.60 Å².